The summed E-state index contributed by atoms with van der Waals surface area (Å²) in [5.74, 6) is -0.587. The Kier molecular flexibility index (Phi) is 8.52. The van der Waals surface area contributed by atoms with Crippen LogP contribution in [-0.2, 0) is 29.1 Å². The van der Waals surface area contributed by atoms with Gasteiger partial charge in [-0.3, -0.25) is 19.4 Å². The van der Waals surface area contributed by atoms with Gasteiger partial charge in [0.2, 0.25) is 5.91 Å². The summed E-state index contributed by atoms with van der Waals surface area (Å²) in [4.78, 5) is 30.5. The number of aliphatic carboxylic acids is 1. The van der Waals surface area contributed by atoms with Crippen LogP contribution in [-0.4, -0.2) is 70.5 Å². The summed E-state index contributed by atoms with van der Waals surface area (Å²) in [6.45, 7) is 8.41. The van der Waals surface area contributed by atoms with Gasteiger partial charge in [0.1, 0.15) is 12.2 Å². The van der Waals surface area contributed by atoms with Gasteiger partial charge in [0.05, 0.1) is 13.2 Å². The van der Waals surface area contributed by atoms with Gasteiger partial charge in [-0.1, -0.05) is 60.7 Å². The second kappa shape index (κ2) is 12.2. The maximum atomic E-state index is 12.5. The number of carboxylic acid groups (broad SMARTS) is 1. The number of fused-ring (bicyclic) bond motifs is 1. The van der Waals surface area contributed by atoms with E-state index in [4.69, 9.17) is 9.84 Å². The van der Waals surface area contributed by atoms with Crippen LogP contribution in [0.5, 0.6) is 5.75 Å². The van der Waals surface area contributed by atoms with E-state index in [0.717, 1.165) is 37.4 Å². The molecule has 0 unspecified atom stereocenters. The molecule has 5 rings (SSSR count). The Morgan fingerprint density at radius 3 is 2.45 bits per heavy atom. The molecule has 0 saturated carbocycles. The fourth-order valence-electron chi connectivity index (χ4n) is 6.21. The molecule has 2 heterocycles. The first-order valence-electron chi connectivity index (χ1n) is 14.1. The molecule has 1 N–H and O–H groups in total. The second-order valence-electron chi connectivity index (χ2n) is 11.2. The number of carboxylic acids is 1. The molecule has 1 fully saturated rings. The summed E-state index contributed by atoms with van der Waals surface area (Å²) in [5, 5.41) is 9.12. The Balaban J connectivity index is 1.45. The lowest BCUT2D eigenvalue weighted by atomic mass is 9.89. The van der Waals surface area contributed by atoms with Crippen molar-refractivity contribution in [1.82, 2.24) is 14.7 Å². The lowest BCUT2D eigenvalue weighted by molar-refractivity contribution is -0.144. The Labute approximate surface area is 237 Å². The van der Waals surface area contributed by atoms with Crippen molar-refractivity contribution in [2.75, 3.05) is 26.7 Å². The monoisotopic (exact) mass is 541 g/mol. The van der Waals surface area contributed by atoms with Crippen molar-refractivity contribution in [2.45, 2.75) is 57.9 Å². The second-order valence-corrected chi connectivity index (χ2v) is 11.2. The van der Waals surface area contributed by atoms with Gasteiger partial charge in [-0.25, -0.2) is 0 Å². The molecule has 1 saturated heterocycles. The summed E-state index contributed by atoms with van der Waals surface area (Å²) in [6, 6.07) is 26.3. The molecule has 210 valence electrons. The van der Waals surface area contributed by atoms with E-state index in [0.29, 0.717) is 25.2 Å². The Hall–Kier alpha value is -3.68. The maximum absolute atomic E-state index is 12.5. The summed E-state index contributed by atoms with van der Waals surface area (Å²) in [5.41, 5.74) is 6.00. The number of carbonyl (C=O) groups is 2. The Morgan fingerprint density at radius 1 is 0.925 bits per heavy atom. The predicted molar refractivity (Wildman–Crippen MR) is 155 cm³/mol. The van der Waals surface area contributed by atoms with Crippen LogP contribution in [0.1, 0.15) is 54.1 Å². The molecule has 0 bridgehead atoms. The van der Waals surface area contributed by atoms with Crippen LogP contribution in [0.4, 0.5) is 0 Å². The number of rotatable bonds is 8. The molecule has 1 amide bonds. The first-order valence-corrected chi connectivity index (χ1v) is 14.1. The summed E-state index contributed by atoms with van der Waals surface area (Å²) >= 11 is 0. The van der Waals surface area contributed by atoms with Crippen LogP contribution < -0.4 is 4.74 Å². The minimum absolute atomic E-state index is 0.0156. The number of carbonyl (C=O) groups excluding carboxylic acids is 1. The molecule has 40 heavy (non-hydrogen) atoms. The van der Waals surface area contributed by atoms with Crippen molar-refractivity contribution >= 4 is 11.9 Å². The van der Waals surface area contributed by atoms with Gasteiger partial charge in [-0.05, 0) is 60.2 Å². The van der Waals surface area contributed by atoms with Gasteiger partial charge in [-0.15, -0.1) is 0 Å². The highest BCUT2D eigenvalue weighted by molar-refractivity contribution is 5.93. The fourth-order valence-corrected chi connectivity index (χ4v) is 6.21. The maximum Gasteiger partial charge on any atom is 0.312 e. The Bertz CT molecular complexity index is 1340. The zero-order valence-corrected chi connectivity index (χ0v) is 23.6. The van der Waals surface area contributed by atoms with Gasteiger partial charge in [0.25, 0.3) is 0 Å². The Morgan fingerprint density at radius 2 is 1.70 bits per heavy atom. The fraction of sp³-hybridized carbons (Fsp3) is 0.394. The van der Waals surface area contributed by atoms with E-state index in [1.165, 1.54) is 22.3 Å². The molecule has 0 radical (unpaired) electrons. The van der Waals surface area contributed by atoms with Crippen molar-refractivity contribution in [2.24, 2.45) is 0 Å². The van der Waals surface area contributed by atoms with Crippen molar-refractivity contribution in [3.05, 3.63) is 101 Å². The number of methoxy groups -OCH3 is 1. The third-order valence-corrected chi connectivity index (χ3v) is 8.35. The lowest BCUT2D eigenvalue weighted by Crippen LogP contribution is -2.56. The number of ether oxygens (including phenoxy) is 1. The van der Waals surface area contributed by atoms with E-state index in [1.54, 1.807) is 12.0 Å². The van der Waals surface area contributed by atoms with Crippen molar-refractivity contribution in [1.29, 1.82) is 0 Å². The van der Waals surface area contributed by atoms with Gasteiger partial charge in [0.15, 0.2) is 0 Å². The first-order chi connectivity index (χ1) is 19.3. The first kappa shape index (κ1) is 27.9. The zero-order chi connectivity index (χ0) is 28.2. The number of amides is 1. The number of piperazine rings is 1. The van der Waals surface area contributed by atoms with Crippen LogP contribution in [0.2, 0.25) is 0 Å². The third kappa shape index (κ3) is 6.21. The van der Waals surface area contributed by atoms with Crippen LogP contribution >= 0.6 is 0 Å². The number of benzene rings is 3. The van der Waals surface area contributed by atoms with Crippen LogP contribution in [0, 0.1) is 0 Å². The lowest BCUT2D eigenvalue weighted by Gasteiger charge is -2.48. The topological polar surface area (TPSA) is 73.3 Å². The molecule has 3 aromatic carbocycles. The van der Waals surface area contributed by atoms with Crippen molar-refractivity contribution in [3.63, 3.8) is 0 Å². The zero-order valence-electron chi connectivity index (χ0n) is 23.6. The van der Waals surface area contributed by atoms with Crippen LogP contribution in [0.25, 0.3) is 0 Å². The smallest absolute Gasteiger partial charge is 0.312 e. The molecule has 2 aliphatic heterocycles. The van der Waals surface area contributed by atoms with Gasteiger partial charge in [0, 0.05) is 44.8 Å². The van der Waals surface area contributed by atoms with Crippen LogP contribution in [0.3, 0.4) is 0 Å². The molecule has 0 spiro atoms. The predicted octanol–water partition coefficient (Wildman–Crippen LogP) is 4.74. The SMILES string of the molecule is COc1cccc([C@@H](c2ccc3c(c2)CN(C(=O)CC(=O)O)CC3)N2C[C@@H](C)N(Cc3ccccc3)C[C@@H]2C)c1. The number of nitrogens with zero attached hydrogens (tertiary/aromatic N) is 3. The molecule has 0 aliphatic carbocycles. The number of hydrogen-bond donors (Lipinski definition) is 1. The quantitative estimate of drug-likeness (QED) is 0.416. The molecule has 3 atom stereocenters. The van der Waals surface area contributed by atoms with E-state index in [1.807, 2.05) is 12.1 Å². The summed E-state index contributed by atoms with van der Waals surface area (Å²) in [6.07, 6.45) is 0.264. The van der Waals surface area contributed by atoms with E-state index < -0.39 is 12.4 Å². The average molecular weight is 542 g/mol. The molecular weight excluding hydrogens is 502 g/mol. The molecule has 3 aromatic rings. The molecule has 0 aromatic heterocycles. The van der Waals surface area contributed by atoms with Crippen molar-refractivity contribution in [3.8, 4) is 5.75 Å². The minimum atomic E-state index is -1.09. The van der Waals surface area contributed by atoms with Crippen molar-refractivity contribution < 1.29 is 19.4 Å². The van der Waals surface area contributed by atoms with Gasteiger partial charge < -0.3 is 14.7 Å². The number of hydrogen-bond acceptors (Lipinski definition) is 5. The van der Waals surface area contributed by atoms with Gasteiger partial charge >= 0.3 is 5.97 Å². The highest BCUT2D eigenvalue weighted by Crippen LogP contribution is 2.36. The standard InChI is InChI=1S/C33H39N3O4/c1-23-20-36(24(2)19-35(23)21-25-8-5-4-6-9-25)33(27-10-7-11-30(17-27)40-3)28-13-12-26-14-15-34(22-29(26)16-28)31(37)18-32(38)39/h4-13,16-17,23-24,33H,14-15,18-22H2,1-3H3,(H,38,39)/t23-,24+,33+/m1/s1. The molecule has 2 aliphatic rings. The van der Waals surface area contributed by atoms with Crippen LogP contribution in [0.15, 0.2) is 72.8 Å². The van der Waals surface area contributed by atoms with Gasteiger partial charge in [-0.2, -0.15) is 0 Å². The average Bonchev–Trinajstić information content (AvgIpc) is 2.95. The van der Waals surface area contributed by atoms with E-state index >= 15 is 0 Å². The molecule has 7 nitrogen and oxygen atoms in total. The molecular formula is C33H39N3O4. The van der Waals surface area contributed by atoms with E-state index in [-0.39, 0.29) is 11.9 Å². The third-order valence-electron chi connectivity index (χ3n) is 8.35. The highest BCUT2D eigenvalue weighted by Gasteiger charge is 2.35. The van der Waals surface area contributed by atoms with E-state index in [9.17, 15) is 9.59 Å². The minimum Gasteiger partial charge on any atom is -0.497 e. The summed E-state index contributed by atoms with van der Waals surface area (Å²) < 4.78 is 5.60. The highest BCUT2D eigenvalue weighted by atomic mass is 16.5. The van der Waals surface area contributed by atoms with E-state index in [2.05, 4.69) is 84.3 Å². The molecule has 7 heteroatoms. The normalized spacial score (nSPS) is 20.5. The largest absolute Gasteiger partial charge is 0.497 e. The summed E-state index contributed by atoms with van der Waals surface area (Å²) in [7, 11) is 1.70.